The molecule has 110 valence electrons. The van der Waals surface area contributed by atoms with Gasteiger partial charge < -0.3 is 0 Å². The molecule has 2 aromatic heterocycles. The minimum Gasteiger partial charge on any atom is -0.296 e. The lowest BCUT2D eigenvalue weighted by Crippen LogP contribution is -2.00. The van der Waals surface area contributed by atoms with Crippen LogP contribution in [0.1, 0.15) is 34.9 Å². The Morgan fingerprint density at radius 2 is 2.09 bits per heavy atom. The van der Waals surface area contributed by atoms with Crippen LogP contribution in [0.3, 0.4) is 0 Å². The van der Waals surface area contributed by atoms with E-state index in [1.165, 1.54) is 6.07 Å². The van der Waals surface area contributed by atoms with Gasteiger partial charge in [0.2, 0.25) is 5.78 Å². The van der Waals surface area contributed by atoms with Crippen molar-refractivity contribution in [3.05, 3.63) is 52.1 Å². The zero-order chi connectivity index (χ0) is 15.3. The van der Waals surface area contributed by atoms with Crippen molar-refractivity contribution in [2.75, 3.05) is 0 Å². The Kier molecular flexibility index (Phi) is 3.07. The first kappa shape index (κ1) is 13.6. The highest BCUT2D eigenvalue weighted by molar-refractivity contribution is 9.10. The number of halogens is 2. The van der Waals surface area contributed by atoms with Crippen LogP contribution in [0, 0.1) is 5.82 Å². The van der Waals surface area contributed by atoms with Gasteiger partial charge in [-0.3, -0.25) is 9.20 Å². The summed E-state index contributed by atoms with van der Waals surface area (Å²) in [4.78, 5) is 19.6. The zero-order valence-electron chi connectivity index (χ0n) is 11.5. The van der Waals surface area contributed by atoms with Crippen molar-refractivity contribution in [1.29, 1.82) is 0 Å². The number of hydrogen-bond acceptors (Lipinski definition) is 3. The summed E-state index contributed by atoms with van der Waals surface area (Å²) in [6, 6.07) is 6.65. The molecule has 0 unspecified atom stereocenters. The topological polar surface area (TPSA) is 47.3 Å². The fourth-order valence-corrected chi connectivity index (χ4v) is 2.92. The summed E-state index contributed by atoms with van der Waals surface area (Å²) in [6.45, 7) is 0. The van der Waals surface area contributed by atoms with E-state index < -0.39 is 0 Å². The third-order valence-corrected chi connectivity index (χ3v) is 4.31. The average Bonchev–Trinajstić information content (AvgIpc) is 3.25. The van der Waals surface area contributed by atoms with Gasteiger partial charge in [-0.1, -0.05) is 15.9 Å². The SMILES string of the molecule is O=Cc1cc(C2CC2)n2cc(-c3ccc(Br)cc3F)nc2n1. The molecule has 0 atom stereocenters. The molecule has 0 amide bonds. The summed E-state index contributed by atoms with van der Waals surface area (Å²) in [5, 5.41) is 0. The summed E-state index contributed by atoms with van der Waals surface area (Å²) >= 11 is 3.24. The van der Waals surface area contributed by atoms with E-state index in [9.17, 15) is 9.18 Å². The second kappa shape index (κ2) is 4.98. The molecule has 1 aliphatic rings. The maximum absolute atomic E-state index is 14.1. The van der Waals surface area contributed by atoms with Crippen molar-refractivity contribution in [2.45, 2.75) is 18.8 Å². The van der Waals surface area contributed by atoms with Crippen LogP contribution in [-0.2, 0) is 0 Å². The molecule has 0 radical (unpaired) electrons. The second-order valence-corrected chi connectivity index (χ2v) is 6.33. The maximum Gasteiger partial charge on any atom is 0.235 e. The number of aromatic nitrogens is 3. The molecule has 4 nitrogen and oxygen atoms in total. The standard InChI is InChI=1S/C16H11BrFN3O/c17-10-3-4-12(13(18)5-10)14-7-21-15(9-1-2-9)6-11(8-22)19-16(21)20-14/h3-9H,1-2H2. The Hall–Kier alpha value is -2.08. The number of nitrogens with zero attached hydrogens (tertiary/aromatic N) is 3. The molecule has 2 heterocycles. The average molecular weight is 360 g/mol. The van der Waals surface area contributed by atoms with E-state index in [0.29, 0.717) is 33.1 Å². The number of rotatable bonds is 3. The zero-order valence-corrected chi connectivity index (χ0v) is 13.0. The molecule has 0 N–H and O–H groups in total. The van der Waals surface area contributed by atoms with Crippen molar-refractivity contribution in [2.24, 2.45) is 0 Å². The van der Waals surface area contributed by atoms with Crippen molar-refractivity contribution >= 4 is 28.0 Å². The Labute approximate surface area is 134 Å². The highest BCUT2D eigenvalue weighted by atomic mass is 79.9. The number of imidazole rings is 1. The van der Waals surface area contributed by atoms with Crippen molar-refractivity contribution < 1.29 is 9.18 Å². The lowest BCUT2D eigenvalue weighted by molar-refractivity contribution is 0.111. The van der Waals surface area contributed by atoms with Crippen LogP contribution in [-0.4, -0.2) is 20.7 Å². The number of fused-ring (bicyclic) bond motifs is 1. The lowest BCUT2D eigenvalue weighted by atomic mass is 10.1. The van der Waals surface area contributed by atoms with Crippen LogP contribution < -0.4 is 0 Å². The van der Waals surface area contributed by atoms with Gasteiger partial charge in [-0.25, -0.2) is 14.4 Å². The van der Waals surface area contributed by atoms with E-state index in [-0.39, 0.29) is 5.82 Å². The van der Waals surface area contributed by atoms with E-state index in [0.717, 1.165) is 24.8 Å². The number of benzene rings is 1. The fraction of sp³-hybridized carbons (Fsp3) is 0.188. The highest BCUT2D eigenvalue weighted by Crippen LogP contribution is 2.40. The molecule has 1 fully saturated rings. The van der Waals surface area contributed by atoms with Crippen LogP contribution in [0.5, 0.6) is 0 Å². The molecule has 0 aliphatic heterocycles. The molecule has 0 bridgehead atoms. The van der Waals surface area contributed by atoms with Crippen molar-refractivity contribution in [1.82, 2.24) is 14.4 Å². The predicted molar refractivity (Wildman–Crippen MR) is 83.4 cm³/mol. The summed E-state index contributed by atoms with van der Waals surface area (Å²) < 4.78 is 16.7. The molecule has 1 aromatic carbocycles. The molecule has 0 spiro atoms. The third kappa shape index (κ3) is 2.23. The molecule has 1 aliphatic carbocycles. The van der Waals surface area contributed by atoms with Crippen LogP contribution >= 0.6 is 15.9 Å². The summed E-state index contributed by atoms with van der Waals surface area (Å²) in [5.41, 5.74) is 2.32. The Morgan fingerprint density at radius 3 is 2.77 bits per heavy atom. The van der Waals surface area contributed by atoms with Gasteiger partial charge in [0.15, 0.2) is 6.29 Å². The fourth-order valence-electron chi connectivity index (χ4n) is 2.59. The van der Waals surface area contributed by atoms with Crippen molar-refractivity contribution in [3.63, 3.8) is 0 Å². The van der Waals surface area contributed by atoms with Crippen LogP contribution in [0.2, 0.25) is 0 Å². The summed E-state index contributed by atoms with van der Waals surface area (Å²) in [6.07, 6.45) is 4.70. The van der Waals surface area contributed by atoms with E-state index in [1.54, 1.807) is 24.4 Å². The van der Waals surface area contributed by atoms with E-state index in [2.05, 4.69) is 25.9 Å². The van der Waals surface area contributed by atoms with Crippen LogP contribution in [0.15, 0.2) is 34.9 Å². The van der Waals surface area contributed by atoms with Crippen LogP contribution in [0.4, 0.5) is 4.39 Å². The van der Waals surface area contributed by atoms with Gasteiger partial charge in [0.05, 0.1) is 5.69 Å². The largest absolute Gasteiger partial charge is 0.296 e. The molecule has 4 rings (SSSR count). The van der Waals surface area contributed by atoms with Crippen molar-refractivity contribution in [3.8, 4) is 11.3 Å². The molecule has 6 heteroatoms. The molecule has 1 saturated carbocycles. The second-order valence-electron chi connectivity index (χ2n) is 5.42. The van der Waals surface area contributed by atoms with Gasteiger partial charge in [0, 0.05) is 21.9 Å². The number of carbonyl (C=O) groups excluding carboxylic acids is 1. The third-order valence-electron chi connectivity index (χ3n) is 3.81. The van der Waals surface area contributed by atoms with E-state index in [1.807, 2.05) is 4.40 Å². The molecule has 3 aromatic rings. The van der Waals surface area contributed by atoms with Gasteiger partial charge >= 0.3 is 0 Å². The van der Waals surface area contributed by atoms with Gasteiger partial charge in [-0.15, -0.1) is 0 Å². The first-order chi connectivity index (χ1) is 10.7. The molecular formula is C16H11BrFN3O. The molecular weight excluding hydrogens is 349 g/mol. The Balaban J connectivity index is 1.93. The first-order valence-corrected chi connectivity index (χ1v) is 7.75. The minimum absolute atomic E-state index is 0.346. The van der Waals surface area contributed by atoms with Crippen LogP contribution in [0.25, 0.3) is 17.0 Å². The van der Waals surface area contributed by atoms with Gasteiger partial charge in [-0.05, 0) is 43.0 Å². The molecule has 0 saturated heterocycles. The van der Waals surface area contributed by atoms with Gasteiger partial charge in [0.1, 0.15) is 11.5 Å². The maximum atomic E-state index is 14.1. The normalized spacial score (nSPS) is 14.5. The lowest BCUT2D eigenvalue weighted by Gasteiger charge is -2.03. The van der Waals surface area contributed by atoms with E-state index >= 15 is 0 Å². The van der Waals surface area contributed by atoms with Gasteiger partial charge in [-0.2, -0.15) is 0 Å². The number of aldehydes is 1. The number of hydrogen-bond donors (Lipinski definition) is 0. The monoisotopic (exact) mass is 359 g/mol. The minimum atomic E-state index is -0.346. The predicted octanol–water partition coefficient (Wildman–Crippen LogP) is 3.99. The first-order valence-electron chi connectivity index (χ1n) is 6.96. The number of carbonyl (C=O) groups is 1. The van der Waals surface area contributed by atoms with Gasteiger partial charge in [0.25, 0.3) is 0 Å². The molecule has 22 heavy (non-hydrogen) atoms. The Bertz CT molecular complexity index is 902. The summed E-state index contributed by atoms with van der Waals surface area (Å²) in [7, 11) is 0. The highest BCUT2D eigenvalue weighted by Gasteiger charge is 2.27. The smallest absolute Gasteiger partial charge is 0.235 e. The quantitative estimate of drug-likeness (QED) is 0.664. The summed E-state index contributed by atoms with van der Waals surface area (Å²) in [5.74, 6) is 0.520. The Morgan fingerprint density at radius 1 is 1.27 bits per heavy atom. The van der Waals surface area contributed by atoms with E-state index in [4.69, 9.17) is 0 Å².